The van der Waals surface area contributed by atoms with Crippen molar-refractivity contribution in [1.82, 2.24) is 19.9 Å². The monoisotopic (exact) mass is 394 g/mol. The predicted molar refractivity (Wildman–Crippen MR) is 127 cm³/mol. The molecule has 0 aromatic carbocycles. The highest BCUT2D eigenvalue weighted by atomic mass is 14.8. The Labute approximate surface area is 176 Å². The Morgan fingerprint density at radius 3 is 1.70 bits per heavy atom. The minimum Gasteiger partial charge on any atom is -0.355 e. The molecule has 2 N–H and O–H groups in total. The molecule has 0 spiro atoms. The molecule has 4 nitrogen and oxygen atoms in total. The van der Waals surface area contributed by atoms with E-state index in [1.54, 1.807) is 0 Å². The van der Waals surface area contributed by atoms with Gasteiger partial charge in [0.05, 0.1) is 22.8 Å². The van der Waals surface area contributed by atoms with Crippen LogP contribution < -0.4 is 0 Å². The topological polar surface area (TPSA) is 57.4 Å². The lowest BCUT2D eigenvalue weighted by atomic mass is 10.0. The van der Waals surface area contributed by atoms with Crippen LogP contribution in [0.5, 0.6) is 0 Å². The van der Waals surface area contributed by atoms with E-state index in [-0.39, 0.29) is 0 Å². The molecule has 30 heavy (non-hydrogen) atoms. The summed E-state index contributed by atoms with van der Waals surface area (Å²) in [7, 11) is 0. The van der Waals surface area contributed by atoms with Crippen LogP contribution in [0.25, 0.3) is 46.4 Å². The molecule has 5 heterocycles. The number of fused-ring (bicyclic) bond motifs is 8. The highest BCUT2D eigenvalue weighted by Gasteiger charge is 2.11. The van der Waals surface area contributed by atoms with E-state index < -0.39 is 0 Å². The molecule has 0 amide bonds. The summed E-state index contributed by atoms with van der Waals surface area (Å²) in [5.41, 5.74) is 9.48. The molecule has 0 unspecified atom stereocenters. The van der Waals surface area contributed by atoms with Gasteiger partial charge >= 0.3 is 0 Å². The van der Waals surface area contributed by atoms with Crippen molar-refractivity contribution in [2.24, 2.45) is 0 Å². The molecule has 0 saturated heterocycles. The van der Waals surface area contributed by atoms with Crippen LogP contribution in [0.15, 0.2) is 42.5 Å². The molecule has 4 heteroatoms. The lowest BCUT2D eigenvalue weighted by Gasteiger charge is -2.04. The molecule has 2 aliphatic heterocycles. The maximum Gasteiger partial charge on any atom is 0.0691 e. The molecular formula is C26H26N4. The predicted octanol–water partition coefficient (Wildman–Crippen LogP) is 6.78. The third kappa shape index (κ3) is 3.99. The molecular weight excluding hydrogens is 368 g/mol. The Hall–Kier alpha value is -3.40. The van der Waals surface area contributed by atoms with Gasteiger partial charge in [0.15, 0.2) is 0 Å². The molecule has 3 aromatic rings. The van der Waals surface area contributed by atoms with Gasteiger partial charge < -0.3 is 9.97 Å². The van der Waals surface area contributed by atoms with Gasteiger partial charge in [-0.3, -0.25) is 0 Å². The van der Waals surface area contributed by atoms with Gasteiger partial charge in [-0.15, -0.1) is 0 Å². The standard InChI is InChI=1S/C26H26N4/c1-2-3-4-5-6-24-25-13-11-22(29-25)16-20-9-7-18(27-20)15-19-8-10-21(28-19)17-23-12-14-26(24)30-23/h7-17,27-28H,2-6H2,1H3. The van der Waals surface area contributed by atoms with Crippen LogP contribution in [0.4, 0.5) is 0 Å². The van der Waals surface area contributed by atoms with Crippen molar-refractivity contribution in [3.05, 3.63) is 70.8 Å². The highest BCUT2D eigenvalue weighted by Crippen LogP contribution is 2.24. The highest BCUT2D eigenvalue weighted by molar-refractivity contribution is 5.79. The number of unbranched alkanes of at least 4 members (excludes halogenated alkanes) is 3. The van der Waals surface area contributed by atoms with Gasteiger partial charge in [0.2, 0.25) is 0 Å². The second-order valence-electron chi connectivity index (χ2n) is 7.97. The van der Waals surface area contributed by atoms with Gasteiger partial charge in [0, 0.05) is 27.6 Å². The fourth-order valence-electron chi connectivity index (χ4n) is 4.05. The molecule has 0 aliphatic carbocycles. The quantitative estimate of drug-likeness (QED) is 0.323. The van der Waals surface area contributed by atoms with E-state index in [1.807, 2.05) is 0 Å². The van der Waals surface area contributed by atoms with Gasteiger partial charge in [-0.2, -0.15) is 0 Å². The van der Waals surface area contributed by atoms with Crippen molar-refractivity contribution >= 4 is 46.4 Å². The van der Waals surface area contributed by atoms with Crippen molar-refractivity contribution < 1.29 is 0 Å². The third-order valence-corrected chi connectivity index (χ3v) is 5.60. The molecule has 2 aliphatic rings. The SMILES string of the molecule is CCCCCCc1c2nc(cc3ccc(cc4ccc(cc5nc1C=C5)[nH]4)[nH]3)C=C2. The number of aromatic amines is 2. The maximum absolute atomic E-state index is 4.92. The first-order chi connectivity index (χ1) is 14.8. The van der Waals surface area contributed by atoms with Gasteiger partial charge in [-0.25, -0.2) is 9.97 Å². The van der Waals surface area contributed by atoms with Gasteiger partial charge in [0.1, 0.15) is 0 Å². The van der Waals surface area contributed by atoms with Gasteiger partial charge in [-0.1, -0.05) is 26.2 Å². The molecule has 150 valence electrons. The first-order valence-corrected chi connectivity index (χ1v) is 10.8. The van der Waals surface area contributed by atoms with Crippen LogP contribution >= 0.6 is 0 Å². The molecule has 8 bridgehead atoms. The fourth-order valence-corrected chi connectivity index (χ4v) is 4.05. The Balaban J connectivity index is 1.72. The summed E-state index contributed by atoms with van der Waals surface area (Å²) in [4.78, 5) is 16.7. The van der Waals surface area contributed by atoms with Crippen LogP contribution in [0.3, 0.4) is 0 Å². The lowest BCUT2D eigenvalue weighted by molar-refractivity contribution is 0.665. The molecule has 0 fully saturated rings. The number of aromatic nitrogens is 4. The average molecular weight is 395 g/mol. The molecule has 3 aromatic heterocycles. The maximum atomic E-state index is 4.92. The van der Waals surface area contributed by atoms with Crippen molar-refractivity contribution in [2.75, 3.05) is 0 Å². The number of H-pyrrole nitrogens is 2. The Bertz CT molecular complexity index is 1200. The van der Waals surface area contributed by atoms with Crippen molar-refractivity contribution in [2.45, 2.75) is 39.0 Å². The van der Waals surface area contributed by atoms with E-state index in [1.165, 1.54) is 24.8 Å². The summed E-state index contributed by atoms with van der Waals surface area (Å²) < 4.78 is 0. The zero-order chi connectivity index (χ0) is 20.3. The number of rotatable bonds is 5. The number of hydrogen-bond acceptors (Lipinski definition) is 2. The van der Waals surface area contributed by atoms with Crippen LogP contribution in [0.1, 0.15) is 60.9 Å². The largest absolute Gasteiger partial charge is 0.355 e. The van der Waals surface area contributed by atoms with E-state index in [0.717, 1.165) is 57.7 Å². The average Bonchev–Trinajstić information content (AvgIpc) is 3.52. The lowest BCUT2D eigenvalue weighted by Crippen LogP contribution is -1.95. The second-order valence-corrected chi connectivity index (χ2v) is 7.97. The normalized spacial score (nSPS) is 12.6. The van der Waals surface area contributed by atoms with E-state index in [2.05, 4.69) is 83.7 Å². The minimum atomic E-state index is 0.969. The summed E-state index contributed by atoms with van der Waals surface area (Å²) >= 11 is 0. The fraction of sp³-hybridized carbons (Fsp3) is 0.231. The number of nitrogens with one attached hydrogen (secondary N) is 2. The van der Waals surface area contributed by atoms with Crippen LogP contribution in [-0.4, -0.2) is 19.9 Å². The zero-order valence-corrected chi connectivity index (χ0v) is 17.3. The van der Waals surface area contributed by atoms with Crippen LogP contribution in [0.2, 0.25) is 0 Å². The first-order valence-electron chi connectivity index (χ1n) is 10.8. The molecule has 5 rings (SSSR count). The van der Waals surface area contributed by atoms with Crippen molar-refractivity contribution in [3.63, 3.8) is 0 Å². The Kier molecular flexibility index (Phi) is 5.06. The number of hydrogen-bond donors (Lipinski definition) is 2. The Morgan fingerprint density at radius 2 is 1.17 bits per heavy atom. The molecule has 0 atom stereocenters. The van der Waals surface area contributed by atoms with E-state index in [9.17, 15) is 0 Å². The van der Waals surface area contributed by atoms with Crippen molar-refractivity contribution in [1.29, 1.82) is 0 Å². The Morgan fingerprint density at radius 1 is 0.633 bits per heavy atom. The van der Waals surface area contributed by atoms with Crippen LogP contribution in [0, 0.1) is 0 Å². The van der Waals surface area contributed by atoms with Gasteiger partial charge in [-0.05, 0) is 79.6 Å². The number of nitrogens with zero attached hydrogens (tertiary/aromatic N) is 2. The van der Waals surface area contributed by atoms with E-state index in [0.29, 0.717) is 0 Å². The van der Waals surface area contributed by atoms with E-state index in [4.69, 9.17) is 9.97 Å². The van der Waals surface area contributed by atoms with Crippen LogP contribution in [-0.2, 0) is 6.42 Å². The third-order valence-electron chi connectivity index (χ3n) is 5.60. The van der Waals surface area contributed by atoms with Crippen molar-refractivity contribution in [3.8, 4) is 0 Å². The smallest absolute Gasteiger partial charge is 0.0691 e. The summed E-state index contributed by atoms with van der Waals surface area (Å²) in [6.07, 6.45) is 14.4. The van der Waals surface area contributed by atoms with E-state index >= 15 is 0 Å². The summed E-state index contributed by atoms with van der Waals surface area (Å²) in [6, 6.07) is 14.7. The second kappa shape index (κ2) is 8.15. The molecule has 0 saturated carbocycles. The summed E-state index contributed by atoms with van der Waals surface area (Å²) in [6.45, 7) is 2.25. The van der Waals surface area contributed by atoms with Gasteiger partial charge in [0.25, 0.3) is 0 Å². The summed E-state index contributed by atoms with van der Waals surface area (Å²) in [5.74, 6) is 0. The summed E-state index contributed by atoms with van der Waals surface area (Å²) in [5, 5.41) is 0. The zero-order valence-electron chi connectivity index (χ0n) is 17.3. The minimum absolute atomic E-state index is 0.969. The first kappa shape index (κ1) is 18.6. The molecule has 0 radical (unpaired) electrons.